The third-order valence-corrected chi connectivity index (χ3v) is 3.27. The minimum Gasteiger partial charge on any atom is -0.453 e. The van der Waals surface area contributed by atoms with Crippen molar-refractivity contribution in [2.75, 3.05) is 0 Å². The molecule has 2 aromatic carbocycles. The second-order valence-corrected chi connectivity index (χ2v) is 4.58. The minimum absolute atomic E-state index is 0.161. The predicted molar refractivity (Wildman–Crippen MR) is 77.6 cm³/mol. The van der Waals surface area contributed by atoms with Gasteiger partial charge in [-0.15, -0.1) is 0 Å². The summed E-state index contributed by atoms with van der Waals surface area (Å²) in [7, 11) is 0. The van der Waals surface area contributed by atoms with E-state index in [4.69, 9.17) is 4.42 Å². The van der Waals surface area contributed by atoms with Gasteiger partial charge >= 0.3 is 0 Å². The first-order valence-corrected chi connectivity index (χ1v) is 6.29. The average molecular weight is 262 g/mol. The Labute approximate surface area is 113 Å². The molecule has 2 aromatic heterocycles. The van der Waals surface area contributed by atoms with Crippen molar-refractivity contribution in [2.24, 2.45) is 0 Å². The Morgan fingerprint density at radius 2 is 1.80 bits per heavy atom. The number of para-hydroxylation sites is 2. The number of aromatic nitrogens is 2. The molecular weight excluding hydrogens is 252 g/mol. The van der Waals surface area contributed by atoms with Crippen LogP contribution in [0.1, 0.15) is 0 Å². The molecule has 0 bridgehead atoms. The highest BCUT2D eigenvalue weighted by atomic mass is 16.3. The molecule has 0 amide bonds. The predicted octanol–water partition coefficient (Wildman–Crippen LogP) is 3.34. The van der Waals surface area contributed by atoms with Gasteiger partial charge in [0.2, 0.25) is 0 Å². The van der Waals surface area contributed by atoms with E-state index in [2.05, 4.69) is 9.97 Å². The molecule has 0 saturated heterocycles. The lowest BCUT2D eigenvalue weighted by Gasteiger charge is -1.99. The van der Waals surface area contributed by atoms with Crippen LogP contribution in [-0.4, -0.2) is 9.97 Å². The SMILES string of the molecule is O=c1[nH]c(-c2cc3ccccc3o2)nc2ccccc12. The summed E-state index contributed by atoms with van der Waals surface area (Å²) in [5.74, 6) is 1.01. The fourth-order valence-electron chi connectivity index (χ4n) is 2.30. The molecular formula is C16H10N2O2. The van der Waals surface area contributed by atoms with Crippen LogP contribution in [0.3, 0.4) is 0 Å². The Balaban J connectivity index is 1.99. The van der Waals surface area contributed by atoms with Gasteiger partial charge in [0.1, 0.15) is 5.58 Å². The summed E-state index contributed by atoms with van der Waals surface area (Å²) in [6.45, 7) is 0. The number of benzene rings is 2. The maximum atomic E-state index is 12.1. The van der Waals surface area contributed by atoms with E-state index in [-0.39, 0.29) is 5.56 Å². The largest absolute Gasteiger partial charge is 0.453 e. The van der Waals surface area contributed by atoms with Crippen LogP contribution in [0.4, 0.5) is 0 Å². The quantitative estimate of drug-likeness (QED) is 0.572. The minimum atomic E-state index is -0.161. The van der Waals surface area contributed by atoms with Crippen molar-refractivity contribution >= 4 is 21.9 Å². The van der Waals surface area contributed by atoms with Crippen LogP contribution < -0.4 is 5.56 Å². The molecule has 0 radical (unpaired) electrons. The summed E-state index contributed by atoms with van der Waals surface area (Å²) >= 11 is 0. The van der Waals surface area contributed by atoms with Crippen molar-refractivity contribution in [1.29, 1.82) is 0 Å². The summed E-state index contributed by atoms with van der Waals surface area (Å²) < 4.78 is 5.73. The molecule has 0 aliphatic heterocycles. The number of fused-ring (bicyclic) bond motifs is 2. The Kier molecular flexibility index (Phi) is 2.23. The van der Waals surface area contributed by atoms with Gasteiger partial charge in [0.25, 0.3) is 5.56 Å². The number of H-pyrrole nitrogens is 1. The molecule has 2 heterocycles. The number of hydrogen-bond donors (Lipinski definition) is 1. The van der Waals surface area contributed by atoms with Crippen LogP contribution >= 0.6 is 0 Å². The topological polar surface area (TPSA) is 58.9 Å². The number of furan rings is 1. The zero-order valence-corrected chi connectivity index (χ0v) is 10.5. The lowest BCUT2D eigenvalue weighted by Crippen LogP contribution is -2.08. The number of hydrogen-bond acceptors (Lipinski definition) is 3. The van der Waals surface area contributed by atoms with Gasteiger partial charge in [-0.3, -0.25) is 4.79 Å². The molecule has 1 N–H and O–H groups in total. The average Bonchev–Trinajstić information content (AvgIpc) is 2.91. The third kappa shape index (κ3) is 1.62. The molecule has 4 aromatic rings. The fraction of sp³-hybridized carbons (Fsp3) is 0. The van der Waals surface area contributed by atoms with E-state index in [1.54, 1.807) is 6.07 Å². The van der Waals surface area contributed by atoms with E-state index < -0.39 is 0 Å². The fourth-order valence-corrected chi connectivity index (χ4v) is 2.30. The second kappa shape index (κ2) is 4.06. The van der Waals surface area contributed by atoms with Crippen LogP contribution in [-0.2, 0) is 0 Å². The van der Waals surface area contributed by atoms with E-state index in [1.807, 2.05) is 48.5 Å². The second-order valence-electron chi connectivity index (χ2n) is 4.58. The molecule has 4 rings (SSSR count). The molecule has 0 atom stereocenters. The number of aromatic amines is 1. The van der Waals surface area contributed by atoms with Gasteiger partial charge in [0.15, 0.2) is 11.6 Å². The van der Waals surface area contributed by atoms with E-state index >= 15 is 0 Å². The lowest BCUT2D eigenvalue weighted by molar-refractivity contribution is 0.625. The van der Waals surface area contributed by atoms with Crippen LogP contribution in [0.2, 0.25) is 0 Å². The van der Waals surface area contributed by atoms with Gasteiger partial charge in [-0.1, -0.05) is 30.3 Å². The smallest absolute Gasteiger partial charge is 0.259 e. The number of nitrogens with one attached hydrogen (secondary N) is 1. The Hall–Kier alpha value is -2.88. The van der Waals surface area contributed by atoms with Crippen molar-refractivity contribution < 1.29 is 4.42 Å². The molecule has 4 nitrogen and oxygen atoms in total. The van der Waals surface area contributed by atoms with Gasteiger partial charge < -0.3 is 9.40 Å². The Morgan fingerprint density at radius 1 is 1.00 bits per heavy atom. The molecule has 0 saturated carbocycles. The summed E-state index contributed by atoms with van der Waals surface area (Å²) in [5.41, 5.74) is 1.27. The first kappa shape index (κ1) is 11.0. The summed E-state index contributed by atoms with van der Waals surface area (Å²) in [4.78, 5) is 19.3. The maximum absolute atomic E-state index is 12.1. The van der Waals surface area contributed by atoms with E-state index in [9.17, 15) is 4.79 Å². The summed E-state index contributed by atoms with van der Waals surface area (Å²) in [6.07, 6.45) is 0. The first-order chi connectivity index (χ1) is 9.81. The van der Waals surface area contributed by atoms with Crippen LogP contribution in [0, 0.1) is 0 Å². The number of nitrogens with zero attached hydrogens (tertiary/aromatic N) is 1. The molecule has 20 heavy (non-hydrogen) atoms. The van der Waals surface area contributed by atoms with Crippen LogP contribution in [0.15, 0.2) is 63.8 Å². The molecule has 4 heteroatoms. The molecule has 0 fully saturated rings. The van der Waals surface area contributed by atoms with Crippen molar-refractivity contribution in [3.8, 4) is 11.6 Å². The maximum Gasteiger partial charge on any atom is 0.259 e. The van der Waals surface area contributed by atoms with Crippen LogP contribution in [0.5, 0.6) is 0 Å². The Bertz CT molecular complexity index is 949. The van der Waals surface area contributed by atoms with E-state index in [0.717, 1.165) is 11.0 Å². The zero-order chi connectivity index (χ0) is 13.5. The monoisotopic (exact) mass is 262 g/mol. The van der Waals surface area contributed by atoms with Crippen molar-refractivity contribution in [3.05, 3.63) is 65.0 Å². The molecule has 0 aliphatic carbocycles. The summed E-state index contributed by atoms with van der Waals surface area (Å²) in [6, 6.07) is 16.8. The zero-order valence-electron chi connectivity index (χ0n) is 10.5. The normalized spacial score (nSPS) is 11.2. The standard InChI is InChI=1S/C16H10N2O2/c19-16-11-6-2-3-7-12(11)17-15(18-16)14-9-10-5-1-4-8-13(10)20-14/h1-9H,(H,17,18,19). The van der Waals surface area contributed by atoms with Crippen LogP contribution in [0.25, 0.3) is 33.5 Å². The van der Waals surface area contributed by atoms with Gasteiger partial charge in [-0.25, -0.2) is 4.98 Å². The molecule has 0 spiro atoms. The van der Waals surface area contributed by atoms with E-state index in [0.29, 0.717) is 22.5 Å². The number of rotatable bonds is 1. The summed E-state index contributed by atoms with van der Waals surface area (Å²) in [5, 5.41) is 1.56. The molecule has 0 unspecified atom stereocenters. The highest BCUT2D eigenvalue weighted by Crippen LogP contribution is 2.25. The van der Waals surface area contributed by atoms with Gasteiger partial charge in [-0.05, 0) is 24.3 Å². The van der Waals surface area contributed by atoms with Gasteiger partial charge in [0, 0.05) is 5.39 Å². The highest BCUT2D eigenvalue weighted by molar-refractivity contribution is 5.83. The van der Waals surface area contributed by atoms with Crippen molar-refractivity contribution in [3.63, 3.8) is 0 Å². The Morgan fingerprint density at radius 3 is 2.70 bits per heavy atom. The van der Waals surface area contributed by atoms with Gasteiger partial charge in [-0.2, -0.15) is 0 Å². The third-order valence-electron chi connectivity index (χ3n) is 3.27. The lowest BCUT2D eigenvalue weighted by atomic mass is 10.2. The highest BCUT2D eigenvalue weighted by Gasteiger charge is 2.10. The van der Waals surface area contributed by atoms with E-state index in [1.165, 1.54) is 0 Å². The van der Waals surface area contributed by atoms with Crippen molar-refractivity contribution in [2.45, 2.75) is 0 Å². The van der Waals surface area contributed by atoms with Crippen molar-refractivity contribution in [1.82, 2.24) is 9.97 Å². The molecule has 0 aliphatic rings. The first-order valence-electron chi connectivity index (χ1n) is 6.29. The van der Waals surface area contributed by atoms with Gasteiger partial charge in [0.05, 0.1) is 10.9 Å². The molecule has 96 valence electrons.